The summed E-state index contributed by atoms with van der Waals surface area (Å²) in [5.74, 6) is 3.34. The molecule has 6 aromatic rings. The lowest BCUT2D eigenvalue weighted by molar-refractivity contribution is -0.192. The smallest absolute Gasteiger partial charge is 0.480 e. The molecule has 474 valence electrons. The summed E-state index contributed by atoms with van der Waals surface area (Å²) in [6, 6.07) is 18.3. The fourth-order valence-corrected chi connectivity index (χ4v) is 10.6. The van der Waals surface area contributed by atoms with Crippen LogP contribution in [-0.2, 0) is 44.8 Å². The number of carbonyl (C=O) groups is 3. The summed E-state index contributed by atoms with van der Waals surface area (Å²) >= 11 is 9.53. The molecule has 22 nitrogen and oxygen atoms in total. The number of carboxylic acids is 2. The lowest BCUT2D eigenvalue weighted by atomic mass is 9.92. The summed E-state index contributed by atoms with van der Waals surface area (Å²) in [5.41, 5.74) is 6.45. The number of hydrogen-bond acceptors (Lipinski definition) is 20. The number of fused-ring (bicyclic) bond motifs is 2. The van der Waals surface area contributed by atoms with Gasteiger partial charge in [0, 0.05) is 99.1 Å². The number of alkyl halides is 5. The van der Waals surface area contributed by atoms with Gasteiger partial charge in [-0.25, -0.2) is 54.3 Å². The molecule has 0 saturated carbocycles. The van der Waals surface area contributed by atoms with E-state index >= 15 is 0 Å². The van der Waals surface area contributed by atoms with Gasteiger partial charge in [0.2, 0.25) is 0 Å². The second-order valence-corrected chi connectivity index (χ2v) is 23.0. The molecule has 0 radical (unpaired) electrons. The lowest BCUT2D eigenvalue weighted by Crippen LogP contribution is -2.41. The number of halogens is 5. The Kier molecular flexibility index (Phi) is 25.1. The number of esters is 1. The van der Waals surface area contributed by atoms with Crippen LogP contribution in [0.2, 0.25) is 0 Å². The topological polar surface area (TPSA) is 283 Å². The highest BCUT2D eigenvalue weighted by atomic mass is 35.5. The Morgan fingerprint density at radius 2 is 1.07 bits per heavy atom. The zero-order valence-electron chi connectivity index (χ0n) is 50.2. The zero-order valence-corrected chi connectivity index (χ0v) is 51.7. The van der Waals surface area contributed by atoms with Crippen molar-refractivity contribution < 1.29 is 42.5 Å². The number of anilines is 8. The highest BCUT2D eigenvalue weighted by molar-refractivity contribution is 6.40. The molecular formula is C61H79Cl2F3N16O6. The number of aromatic nitrogens is 8. The van der Waals surface area contributed by atoms with Crippen molar-refractivity contribution in [2.45, 2.75) is 135 Å². The van der Waals surface area contributed by atoms with Gasteiger partial charge in [0.25, 0.3) is 0 Å². The van der Waals surface area contributed by atoms with Crippen LogP contribution >= 0.6 is 23.2 Å². The quantitative estimate of drug-likeness (QED) is 0.0293. The van der Waals surface area contributed by atoms with E-state index in [4.69, 9.17) is 52.8 Å². The Balaban J connectivity index is 0.000000218. The van der Waals surface area contributed by atoms with Crippen LogP contribution in [0.1, 0.15) is 119 Å². The van der Waals surface area contributed by atoms with Gasteiger partial charge < -0.3 is 56.7 Å². The summed E-state index contributed by atoms with van der Waals surface area (Å²) < 4.78 is 37.4. The van der Waals surface area contributed by atoms with E-state index in [9.17, 15) is 27.9 Å². The first-order valence-corrected chi connectivity index (χ1v) is 30.7. The van der Waals surface area contributed by atoms with Crippen LogP contribution in [0.3, 0.4) is 0 Å². The van der Waals surface area contributed by atoms with Gasteiger partial charge in [-0.1, -0.05) is 38.1 Å². The minimum atomic E-state index is -5.08. The Labute approximate surface area is 521 Å². The van der Waals surface area contributed by atoms with Gasteiger partial charge in [0.15, 0.2) is 0 Å². The maximum atomic E-state index is 13.1. The molecule has 0 spiro atoms. The second-order valence-electron chi connectivity index (χ2n) is 22.2. The third-order valence-corrected chi connectivity index (χ3v) is 15.0. The average molecular weight is 1260 g/mol. The van der Waals surface area contributed by atoms with Crippen LogP contribution < -0.4 is 41.7 Å². The summed E-state index contributed by atoms with van der Waals surface area (Å²) in [7, 11) is 0. The maximum absolute atomic E-state index is 13.1. The highest BCUT2D eigenvalue weighted by Crippen LogP contribution is 2.36. The molecule has 10 heterocycles. The first kappa shape index (κ1) is 67.4. The predicted octanol–water partition coefficient (Wildman–Crippen LogP) is 10.4. The third-order valence-electron chi connectivity index (χ3n) is 15.0. The summed E-state index contributed by atoms with van der Waals surface area (Å²) in [6.45, 7) is 15.8. The number of nitrogens with zero attached hydrogens (tertiary/aromatic N) is 10. The van der Waals surface area contributed by atoms with E-state index in [2.05, 4.69) is 105 Å². The number of carbonyl (C=O) groups excluding carboxylic acids is 1. The number of aliphatic carboxylic acids is 2. The molecule has 2 saturated heterocycles. The van der Waals surface area contributed by atoms with Gasteiger partial charge in [0.1, 0.15) is 76.9 Å². The van der Waals surface area contributed by atoms with Gasteiger partial charge in [-0.2, -0.15) is 13.2 Å². The SMILES string of the molecule is CCc1c(NC[C@H](Nc2ccccn2)C(=O)O)ncnc1N1CCC(c2ccc3c(n2)NCCC3)CC1.CCc1c(NC[C@H](Nc2ccccn2)C(=O)OC(C)(C)C)ncnc1N1CCC(c2ccc3c(n2)NCCC3)CC1.ClCCl.O=C(O)C(F)(F)F. The van der Waals surface area contributed by atoms with Crippen LogP contribution in [0.15, 0.2) is 85.7 Å². The zero-order chi connectivity index (χ0) is 63.2. The number of hydrogen-bond donors (Lipinski definition) is 8. The number of pyridine rings is 4. The molecule has 4 aliphatic rings. The molecule has 2 fully saturated rings. The molecule has 0 unspecified atom stereocenters. The van der Waals surface area contributed by atoms with Crippen molar-refractivity contribution in [1.82, 2.24) is 39.9 Å². The summed E-state index contributed by atoms with van der Waals surface area (Å²) in [4.78, 5) is 75.2. The van der Waals surface area contributed by atoms with Crippen molar-refractivity contribution in [3.8, 4) is 0 Å². The number of piperidine rings is 2. The van der Waals surface area contributed by atoms with Gasteiger partial charge >= 0.3 is 24.1 Å². The number of carboxylic acid groups (broad SMARTS) is 2. The molecule has 27 heteroatoms. The van der Waals surface area contributed by atoms with Crippen LogP contribution in [0.5, 0.6) is 0 Å². The number of ether oxygens (including phenoxy) is 1. The molecule has 0 aromatic carbocycles. The molecule has 10 rings (SSSR count). The van der Waals surface area contributed by atoms with Gasteiger partial charge in [-0.05, 0) is 133 Å². The van der Waals surface area contributed by atoms with Crippen molar-refractivity contribution in [3.63, 3.8) is 0 Å². The number of rotatable bonds is 18. The van der Waals surface area contributed by atoms with Gasteiger partial charge in [-0.15, -0.1) is 23.2 Å². The van der Waals surface area contributed by atoms with Crippen LogP contribution in [-0.4, -0.2) is 150 Å². The maximum Gasteiger partial charge on any atom is 0.490 e. The van der Waals surface area contributed by atoms with E-state index in [1.165, 1.54) is 35.4 Å². The van der Waals surface area contributed by atoms with Crippen LogP contribution in [0.4, 0.5) is 59.7 Å². The van der Waals surface area contributed by atoms with E-state index in [0.29, 0.717) is 29.3 Å². The molecule has 8 N–H and O–H groups in total. The van der Waals surface area contributed by atoms with E-state index in [-0.39, 0.29) is 24.4 Å². The average Bonchev–Trinajstić information content (AvgIpc) is 3.09. The van der Waals surface area contributed by atoms with E-state index in [0.717, 1.165) is 131 Å². The lowest BCUT2D eigenvalue weighted by Gasteiger charge is -2.34. The minimum absolute atomic E-state index is 0.162. The van der Waals surface area contributed by atoms with Crippen molar-refractivity contribution >= 4 is 87.7 Å². The second kappa shape index (κ2) is 32.8. The normalized spacial score (nSPS) is 15.6. The van der Waals surface area contributed by atoms with Gasteiger partial charge in [0.05, 0.1) is 5.34 Å². The molecule has 6 aromatic heterocycles. The predicted molar refractivity (Wildman–Crippen MR) is 337 cm³/mol. The first-order chi connectivity index (χ1) is 42.3. The highest BCUT2D eigenvalue weighted by Gasteiger charge is 2.38. The molecular weight excluding hydrogens is 1180 g/mol. The fraction of sp³-hybridized carbons (Fsp3) is 0.492. The summed E-state index contributed by atoms with van der Waals surface area (Å²) in [6.07, 6.45) is 11.5. The fourth-order valence-electron chi connectivity index (χ4n) is 10.6. The van der Waals surface area contributed by atoms with Gasteiger partial charge in [-0.3, -0.25) is 0 Å². The minimum Gasteiger partial charge on any atom is -0.480 e. The molecule has 0 aliphatic carbocycles. The largest absolute Gasteiger partial charge is 0.490 e. The molecule has 88 heavy (non-hydrogen) atoms. The standard InChI is InChI=1S/C31H42N8O2.C27H34N8O2.C2HF3O2.CH2Cl2/c1-5-23-28(34-19-25(30(40)41-31(2,3)4)37-26-10-6-7-15-32-26)35-20-36-29(23)39-17-13-21(14-18-39)24-12-11-22-9-8-16-33-27(22)38-24;1-2-20-25(30-16-22(27(36)37)33-23-7-3-4-12-28-23)31-17-32-26(20)35-14-10-18(11-15-35)21-9-8-19-6-5-13-29-24(19)34-21;3-2(4,5)1(6)7;2-1-3/h6-7,10-12,15,20-21,25H,5,8-9,13-14,16-19H2,1-4H3,(H,32,37)(H,33,38)(H,34,35,36);3-4,7-9,12,17-18,22H,2,5-6,10-11,13-16H2,1H3,(H,28,33)(H,29,34)(H,36,37)(H,30,31,32);(H,6,7);1H2/t25-;22-;;/m00../s1. The Morgan fingerprint density at radius 1 is 0.648 bits per heavy atom. The Hall–Kier alpha value is -8.06. The molecule has 2 atom stereocenters. The number of aryl methyl sites for hydroxylation is 2. The van der Waals surface area contributed by atoms with Crippen molar-refractivity contribution in [1.29, 1.82) is 0 Å². The molecule has 0 amide bonds. The summed E-state index contributed by atoms with van der Waals surface area (Å²) in [5, 5.41) is 36.8. The Bertz CT molecular complexity index is 3190. The third kappa shape index (κ3) is 19.7. The first-order valence-electron chi connectivity index (χ1n) is 29.6. The van der Waals surface area contributed by atoms with E-state index in [1.54, 1.807) is 37.2 Å². The van der Waals surface area contributed by atoms with Crippen molar-refractivity contribution in [2.24, 2.45) is 0 Å². The van der Waals surface area contributed by atoms with Crippen LogP contribution in [0, 0.1) is 0 Å². The number of nitrogens with one attached hydrogen (secondary N) is 6. The molecule has 0 bridgehead atoms. The Morgan fingerprint density at radius 3 is 1.44 bits per heavy atom. The van der Waals surface area contributed by atoms with E-state index in [1.807, 2.05) is 45.0 Å². The van der Waals surface area contributed by atoms with Crippen molar-refractivity contribution in [3.05, 3.63) is 119 Å². The van der Waals surface area contributed by atoms with Crippen LogP contribution in [0.25, 0.3) is 0 Å². The van der Waals surface area contributed by atoms with E-state index < -0.39 is 35.8 Å². The van der Waals surface area contributed by atoms with Crippen molar-refractivity contribution in [2.75, 3.05) is 99.4 Å². The molecule has 4 aliphatic heterocycles. The monoisotopic (exact) mass is 1260 g/mol.